The smallest absolute Gasteiger partial charge is 0.0000501 e. The van der Waals surface area contributed by atoms with Crippen LogP contribution in [0.15, 0.2) is 30.3 Å². The summed E-state index contributed by atoms with van der Waals surface area (Å²) in [5.41, 5.74) is 2.02. The molecule has 16 heavy (non-hydrogen) atoms. The van der Waals surface area contributed by atoms with Crippen molar-refractivity contribution in [1.82, 2.24) is 5.32 Å². The van der Waals surface area contributed by atoms with E-state index in [2.05, 4.69) is 56.5 Å². The molecule has 1 N–H and O–H groups in total. The van der Waals surface area contributed by atoms with Crippen LogP contribution in [0.1, 0.15) is 32.3 Å². The zero-order valence-corrected chi connectivity index (χ0v) is 10.7. The number of nitrogens with one attached hydrogen (secondary N) is 1. The predicted octanol–water partition coefficient (Wildman–Crippen LogP) is 3.21. The Bertz CT molecular complexity index is 331. The van der Waals surface area contributed by atoms with Crippen molar-refractivity contribution in [3.63, 3.8) is 0 Å². The van der Waals surface area contributed by atoms with Crippen molar-refractivity contribution in [3.05, 3.63) is 35.9 Å². The van der Waals surface area contributed by atoms with Gasteiger partial charge in [0, 0.05) is 0 Å². The van der Waals surface area contributed by atoms with Gasteiger partial charge in [-0.15, -0.1) is 0 Å². The average molecular weight is 217 g/mol. The first kappa shape index (κ1) is 11.7. The molecule has 0 amide bonds. The van der Waals surface area contributed by atoms with Crippen molar-refractivity contribution in [2.45, 2.75) is 32.1 Å². The SMILES string of the molecule is CNCC1CC1(CC(C)C)c1ccccc1. The summed E-state index contributed by atoms with van der Waals surface area (Å²) in [6, 6.07) is 11.1. The lowest BCUT2D eigenvalue weighted by molar-refractivity contribution is 0.449. The molecule has 0 aliphatic heterocycles. The molecule has 0 radical (unpaired) electrons. The molecule has 0 aromatic heterocycles. The third kappa shape index (κ3) is 2.15. The fraction of sp³-hybridized carbons (Fsp3) is 0.600. The van der Waals surface area contributed by atoms with Crippen LogP contribution in [0, 0.1) is 11.8 Å². The average Bonchev–Trinajstić information content (AvgIpc) is 2.94. The Kier molecular flexibility index (Phi) is 3.34. The molecule has 88 valence electrons. The largest absolute Gasteiger partial charge is 0.319 e. The minimum Gasteiger partial charge on any atom is -0.319 e. The standard InChI is InChI=1S/C15H23N/c1-12(2)9-15(10-14(15)11-16-3)13-7-5-4-6-8-13/h4-8,12,14,16H,9-11H2,1-3H3. The minimum absolute atomic E-state index is 0.471. The first-order valence-electron chi connectivity index (χ1n) is 6.39. The molecule has 0 saturated heterocycles. The van der Waals surface area contributed by atoms with Crippen LogP contribution in [0.2, 0.25) is 0 Å². The van der Waals surface area contributed by atoms with Crippen LogP contribution in [-0.2, 0) is 5.41 Å². The second kappa shape index (κ2) is 4.58. The van der Waals surface area contributed by atoms with Gasteiger partial charge >= 0.3 is 0 Å². The predicted molar refractivity (Wildman–Crippen MR) is 69.6 cm³/mol. The maximum atomic E-state index is 3.33. The monoisotopic (exact) mass is 217 g/mol. The van der Waals surface area contributed by atoms with Crippen molar-refractivity contribution in [2.24, 2.45) is 11.8 Å². The van der Waals surface area contributed by atoms with Gasteiger partial charge in [0.05, 0.1) is 0 Å². The van der Waals surface area contributed by atoms with Gasteiger partial charge in [0.15, 0.2) is 0 Å². The Hall–Kier alpha value is -0.820. The maximum Gasteiger partial charge on any atom is -0.0000501 e. The number of benzene rings is 1. The van der Waals surface area contributed by atoms with Gasteiger partial charge in [-0.2, -0.15) is 0 Å². The summed E-state index contributed by atoms with van der Waals surface area (Å²) < 4.78 is 0. The molecule has 1 aromatic carbocycles. The van der Waals surface area contributed by atoms with Gasteiger partial charge in [0.25, 0.3) is 0 Å². The Balaban J connectivity index is 2.18. The van der Waals surface area contributed by atoms with Crippen LogP contribution in [0.4, 0.5) is 0 Å². The van der Waals surface area contributed by atoms with Gasteiger partial charge in [-0.05, 0) is 49.2 Å². The molecule has 1 fully saturated rings. The number of rotatable bonds is 5. The van der Waals surface area contributed by atoms with E-state index >= 15 is 0 Å². The highest BCUT2D eigenvalue weighted by Gasteiger charge is 2.54. The van der Waals surface area contributed by atoms with Crippen LogP contribution in [0.5, 0.6) is 0 Å². The molecule has 1 saturated carbocycles. The van der Waals surface area contributed by atoms with E-state index in [1.54, 1.807) is 5.56 Å². The fourth-order valence-electron chi connectivity index (χ4n) is 3.11. The van der Waals surface area contributed by atoms with Gasteiger partial charge in [-0.3, -0.25) is 0 Å². The molecular formula is C15H23N. The van der Waals surface area contributed by atoms with Crippen molar-refractivity contribution in [1.29, 1.82) is 0 Å². The second-order valence-electron chi connectivity index (χ2n) is 5.58. The van der Waals surface area contributed by atoms with E-state index in [9.17, 15) is 0 Å². The van der Waals surface area contributed by atoms with Crippen LogP contribution in [-0.4, -0.2) is 13.6 Å². The summed E-state index contributed by atoms with van der Waals surface area (Å²) >= 11 is 0. The molecule has 1 heteroatoms. The Morgan fingerprint density at radius 3 is 2.56 bits per heavy atom. The summed E-state index contributed by atoms with van der Waals surface area (Å²) in [5, 5.41) is 3.33. The number of hydrogen-bond donors (Lipinski definition) is 1. The molecule has 2 rings (SSSR count). The van der Waals surface area contributed by atoms with Gasteiger partial charge < -0.3 is 5.32 Å². The van der Waals surface area contributed by atoms with Crippen molar-refractivity contribution < 1.29 is 0 Å². The lowest BCUT2D eigenvalue weighted by Crippen LogP contribution is -2.19. The fourth-order valence-corrected chi connectivity index (χ4v) is 3.11. The zero-order chi connectivity index (χ0) is 11.6. The quantitative estimate of drug-likeness (QED) is 0.798. The maximum absolute atomic E-state index is 3.33. The highest BCUT2D eigenvalue weighted by atomic mass is 14.8. The summed E-state index contributed by atoms with van der Waals surface area (Å²) in [5.74, 6) is 1.62. The Morgan fingerprint density at radius 2 is 2.00 bits per heavy atom. The van der Waals surface area contributed by atoms with Gasteiger partial charge in [0.1, 0.15) is 0 Å². The third-order valence-corrected chi connectivity index (χ3v) is 3.80. The second-order valence-corrected chi connectivity index (χ2v) is 5.58. The number of hydrogen-bond acceptors (Lipinski definition) is 1. The summed E-state index contributed by atoms with van der Waals surface area (Å²) in [6.07, 6.45) is 2.68. The molecule has 1 aromatic rings. The lowest BCUT2D eigenvalue weighted by Gasteiger charge is -2.20. The normalized spacial score (nSPS) is 28.4. The van der Waals surface area contributed by atoms with E-state index < -0.39 is 0 Å². The third-order valence-electron chi connectivity index (χ3n) is 3.80. The van der Waals surface area contributed by atoms with E-state index in [4.69, 9.17) is 0 Å². The van der Waals surface area contributed by atoms with Crippen LogP contribution < -0.4 is 5.32 Å². The lowest BCUT2D eigenvalue weighted by atomic mass is 9.85. The molecule has 1 aliphatic carbocycles. The van der Waals surface area contributed by atoms with Crippen LogP contribution in [0.3, 0.4) is 0 Å². The summed E-state index contributed by atoms with van der Waals surface area (Å²) in [4.78, 5) is 0. The van der Waals surface area contributed by atoms with Gasteiger partial charge in [-0.1, -0.05) is 44.2 Å². The molecule has 0 heterocycles. The van der Waals surface area contributed by atoms with E-state index in [0.717, 1.165) is 18.4 Å². The molecule has 2 unspecified atom stereocenters. The molecule has 1 nitrogen and oxygen atoms in total. The first-order valence-corrected chi connectivity index (χ1v) is 6.39. The molecular weight excluding hydrogens is 194 g/mol. The van der Waals surface area contributed by atoms with Crippen LogP contribution in [0.25, 0.3) is 0 Å². The van der Waals surface area contributed by atoms with Gasteiger partial charge in [0.2, 0.25) is 0 Å². The zero-order valence-electron chi connectivity index (χ0n) is 10.7. The van der Waals surface area contributed by atoms with Gasteiger partial charge in [-0.25, -0.2) is 0 Å². The van der Waals surface area contributed by atoms with Crippen LogP contribution >= 0.6 is 0 Å². The molecule has 0 bridgehead atoms. The van der Waals surface area contributed by atoms with Crippen molar-refractivity contribution in [2.75, 3.05) is 13.6 Å². The topological polar surface area (TPSA) is 12.0 Å². The van der Waals surface area contributed by atoms with Crippen molar-refractivity contribution >= 4 is 0 Å². The van der Waals surface area contributed by atoms with Crippen molar-refractivity contribution in [3.8, 4) is 0 Å². The van der Waals surface area contributed by atoms with E-state index in [-0.39, 0.29) is 0 Å². The van der Waals surface area contributed by atoms with E-state index in [0.29, 0.717) is 5.41 Å². The first-order chi connectivity index (χ1) is 7.69. The Labute approximate surface area is 99.3 Å². The van der Waals surface area contributed by atoms with E-state index in [1.165, 1.54) is 12.8 Å². The summed E-state index contributed by atoms with van der Waals surface area (Å²) in [7, 11) is 2.06. The highest BCUT2D eigenvalue weighted by Crippen LogP contribution is 2.57. The molecule has 2 atom stereocenters. The highest BCUT2D eigenvalue weighted by molar-refractivity contribution is 5.34. The van der Waals surface area contributed by atoms with E-state index in [1.807, 2.05) is 0 Å². The minimum atomic E-state index is 0.471. The Morgan fingerprint density at radius 1 is 1.31 bits per heavy atom. The molecule has 0 spiro atoms. The summed E-state index contributed by atoms with van der Waals surface area (Å²) in [6.45, 7) is 5.82. The molecule has 1 aliphatic rings.